The van der Waals surface area contributed by atoms with Gasteiger partial charge in [-0.2, -0.15) is 0 Å². The lowest BCUT2D eigenvalue weighted by Crippen LogP contribution is -2.46. The van der Waals surface area contributed by atoms with Crippen molar-refractivity contribution in [3.63, 3.8) is 0 Å². The molecule has 0 saturated carbocycles. The minimum Gasteiger partial charge on any atom is -0.464 e. The molecule has 0 spiro atoms. The highest BCUT2D eigenvalue weighted by Crippen LogP contribution is 2.19. The van der Waals surface area contributed by atoms with Gasteiger partial charge in [0.15, 0.2) is 0 Å². The first-order chi connectivity index (χ1) is 9.13. The fraction of sp³-hybridized carbons (Fsp3) is 0.500. The molecule has 0 aliphatic carbocycles. The molecule has 1 aromatic rings. The maximum atomic E-state index is 11.9. The first-order valence-corrected chi connectivity index (χ1v) is 6.12. The van der Waals surface area contributed by atoms with Gasteiger partial charge in [-0.3, -0.25) is 14.5 Å². The SMILES string of the molecule is CCOC(=O)[C@H](Cc1cnc[nH]1)N1C(=O)CCC1=O. The number of nitrogens with one attached hydrogen (secondary N) is 1. The molecule has 0 unspecified atom stereocenters. The minimum absolute atomic E-state index is 0.151. The molecule has 1 aromatic heterocycles. The van der Waals surface area contributed by atoms with Crippen LogP contribution < -0.4 is 0 Å². The third kappa shape index (κ3) is 2.81. The zero-order valence-electron chi connectivity index (χ0n) is 10.6. The number of ether oxygens (including phenoxy) is 1. The summed E-state index contributed by atoms with van der Waals surface area (Å²) in [6, 6.07) is -0.914. The Hall–Kier alpha value is -2.18. The lowest BCUT2D eigenvalue weighted by Gasteiger charge is -2.23. The first-order valence-electron chi connectivity index (χ1n) is 6.12. The molecule has 0 aromatic carbocycles. The van der Waals surface area contributed by atoms with Crippen molar-refractivity contribution in [2.24, 2.45) is 0 Å². The molecule has 19 heavy (non-hydrogen) atoms. The summed E-state index contributed by atoms with van der Waals surface area (Å²) in [5.41, 5.74) is 0.672. The van der Waals surface area contributed by atoms with Gasteiger partial charge >= 0.3 is 5.97 Å². The van der Waals surface area contributed by atoms with Gasteiger partial charge in [0.1, 0.15) is 6.04 Å². The van der Waals surface area contributed by atoms with Crippen molar-refractivity contribution in [1.82, 2.24) is 14.9 Å². The van der Waals surface area contributed by atoms with Crippen LogP contribution in [-0.4, -0.2) is 45.3 Å². The number of esters is 1. The quantitative estimate of drug-likeness (QED) is 0.599. The van der Waals surface area contributed by atoms with Crippen LogP contribution in [0.3, 0.4) is 0 Å². The maximum Gasteiger partial charge on any atom is 0.329 e. The zero-order valence-corrected chi connectivity index (χ0v) is 10.6. The zero-order chi connectivity index (χ0) is 13.8. The van der Waals surface area contributed by atoms with E-state index in [-0.39, 0.29) is 37.7 Å². The van der Waals surface area contributed by atoms with Crippen molar-refractivity contribution in [2.75, 3.05) is 6.61 Å². The topological polar surface area (TPSA) is 92.4 Å². The van der Waals surface area contributed by atoms with Crippen LogP contribution in [0.15, 0.2) is 12.5 Å². The van der Waals surface area contributed by atoms with E-state index in [2.05, 4.69) is 9.97 Å². The molecule has 2 heterocycles. The lowest BCUT2D eigenvalue weighted by atomic mass is 10.1. The monoisotopic (exact) mass is 265 g/mol. The largest absolute Gasteiger partial charge is 0.464 e. The van der Waals surface area contributed by atoms with Crippen LogP contribution in [0.5, 0.6) is 0 Å². The second-order valence-electron chi connectivity index (χ2n) is 4.21. The number of amides is 2. The first kappa shape index (κ1) is 13.3. The third-order valence-electron chi connectivity index (χ3n) is 2.93. The normalized spacial score (nSPS) is 16.8. The summed E-state index contributed by atoms with van der Waals surface area (Å²) in [6.07, 6.45) is 3.52. The summed E-state index contributed by atoms with van der Waals surface area (Å²) in [4.78, 5) is 43.1. The van der Waals surface area contributed by atoms with E-state index in [9.17, 15) is 14.4 Å². The van der Waals surface area contributed by atoms with E-state index in [1.54, 1.807) is 13.1 Å². The lowest BCUT2D eigenvalue weighted by molar-refractivity contribution is -0.157. The maximum absolute atomic E-state index is 11.9. The molecule has 1 aliphatic rings. The summed E-state index contributed by atoms with van der Waals surface area (Å²) < 4.78 is 4.94. The summed E-state index contributed by atoms with van der Waals surface area (Å²) in [5, 5.41) is 0. The molecule has 102 valence electrons. The van der Waals surface area contributed by atoms with Crippen molar-refractivity contribution in [2.45, 2.75) is 32.2 Å². The van der Waals surface area contributed by atoms with Crippen LogP contribution >= 0.6 is 0 Å². The van der Waals surface area contributed by atoms with Crippen LogP contribution in [0, 0.1) is 0 Å². The fourth-order valence-electron chi connectivity index (χ4n) is 2.06. The highest BCUT2D eigenvalue weighted by Gasteiger charge is 2.39. The molecular weight excluding hydrogens is 250 g/mol. The van der Waals surface area contributed by atoms with E-state index in [1.165, 1.54) is 6.33 Å². The van der Waals surface area contributed by atoms with E-state index in [4.69, 9.17) is 4.74 Å². The van der Waals surface area contributed by atoms with Gasteiger partial charge in [-0.25, -0.2) is 9.78 Å². The summed E-state index contributed by atoms with van der Waals surface area (Å²) >= 11 is 0. The van der Waals surface area contributed by atoms with Crippen LogP contribution in [0.2, 0.25) is 0 Å². The number of likely N-dealkylation sites (tertiary alicyclic amines) is 1. The molecule has 0 bridgehead atoms. The molecule has 1 atom stereocenters. The molecular formula is C12H15N3O4. The number of imide groups is 1. The van der Waals surface area contributed by atoms with E-state index in [1.807, 2.05) is 0 Å². The number of hydrogen-bond donors (Lipinski definition) is 1. The number of H-pyrrole nitrogens is 1. The standard InChI is InChI=1S/C12H15N3O4/c1-2-19-12(18)9(5-8-6-13-7-14-8)15-10(16)3-4-11(15)17/h6-7,9H,2-5H2,1H3,(H,13,14)/t9-/m0/s1. The highest BCUT2D eigenvalue weighted by molar-refractivity contribution is 6.05. The number of aromatic amines is 1. The van der Waals surface area contributed by atoms with Gasteiger partial charge in [-0.15, -0.1) is 0 Å². The number of carbonyl (C=O) groups excluding carboxylic acids is 3. The average molecular weight is 265 g/mol. The van der Waals surface area contributed by atoms with Gasteiger partial charge in [0.25, 0.3) is 0 Å². The molecule has 2 rings (SSSR count). The number of nitrogens with zero attached hydrogens (tertiary/aromatic N) is 2. The van der Waals surface area contributed by atoms with E-state index < -0.39 is 12.0 Å². The third-order valence-corrected chi connectivity index (χ3v) is 2.93. The molecule has 1 saturated heterocycles. The van der Waals surface area contributed by atoms with Crippen LogP contribution in [0.4, 0.5) is 0 Å². The molecule has 0 radical (unpaired) electrons. The number of carbonyl (C=O) groups is 3. The van der Waals surface area contributed by atoms with Gasteiger partial charge in [0, 0.05) is 31.2 Å². The highest BCUT2D eigenvalue weighted by atomic mass is 16.5. The number of rotatable bonds is 5. The van der Waals surface area contributed by atoms with Crippen molar-refractivity contribution in [1.29, 1.82) is 0 Å². The molecule has 1 fully saturated rings. The predicted octanol–water partition coefficient (Wildman–Crippen LogP) is 0.0329. The van der Waals surface area contributed by atoms with Crippen molar-refractivity contribution in [3.05, 3.63) is 18.2 Å². The number of hydrogen-bond acceptors (Lipinski definition) is 5. The minimum atomic E-state index is -0.914. The molecule has 2 amide bonds. The van der Waals surface area contributed by atoms with E-state index >= 15 is 0 Å². The smallest absolute Gasteiger partial charge is 0.329 e. The second-order valence-corrected chi connectivity index (χ2v) is 4.21. The Kier molecular flexibility index (Phi) is 3.94. The Labute approximate surface area is 109 Å². The van der Waals surface area contributed by atoms with Crippen molar-refractivity contribution < 1.29 is 19.1 Å². The summed E-state index contributed by atoms with van der Waals surface area (Å²) in [5.74, 6) is -1.23. The molecule has 7 nitrogen and oxygen atoms in total. The fourth-order valence-corrected chi connectivity index (χ4v) is 2.06. The van der Waals surface area contributed by atoms with Gasteiger partial charge in [0.2, 0.25) is 11.8 Å². The number of aromatic nitrogens is 2. The Morgan fingerprint density at radius 2 is 2.16 bits per heavy atom. The van der Waals surface area contributed by atoms with Crippen LogP contribution in [0.25, 0.3) is 0 Å². The molecule has 7 heteroatoms. The van der Waals surface area contributed by atoms with E-state index in [0.29, 0.717) is 5.69 Å². The Bertz CT molecular complexity index is 467. The average Bonchev–Trinajstić information content (AvgIpc) is 2.98. The molecule has 1 aliphatic heterocycles. The predicted molar refractivity (Wildman–Crippen MR) is 63.8 cm³/mol. The van der Waals surface area contributed by atoms with Crippen LogP contribution in [-0.2, 0) is 25.5 Å². The van der Waals surface area contributed by atoms with Gasteiger partial charge in [-0.1, -0.05) is 0 Å². The van der Waals surface area contributed by atoms with Gasteiger partial charge in [0.05, 0.1) is 12.9 Å². The Balaban J connectivity index is 2.20. The number of imidazole rings is 1. The van der Waals surface area contributed by atoms with Crippen LogP contribution in [0.1, 0.15) is 25.5 Å². The second kappa shape index (κ2) is 5.64. The molecule has 1 N–H and O–H groups in total. The van der Waals surface area contributed by atoms with Crippen molar-refractivity contribution >= 4 is 17.8 Å². The Morgan fingerprint density at radius 3 is 2.68 bits per heavy atom. The van der Waals surface area contributed by atoms with Crippen molar-refractivity contribution in [3.8, 4) is 0 Å². The summed E-state index contributed by atoms with van der Waals surface area (Å²) in [6.45, 7) is 1.88. The summed E-state index contributed by atoms with van der Waals surface area (Å²) in [7, 11) is 0. The van der Waals surface area contributed by atoms with Gasteiger partial charge in [-0.05, 0) is 6.92 Å². The Morgan fingerprint density at radius 1 is 1.47 bits per heavy atom. The van der Waals surface area contributed by atoms with Gasteiger partial charge < -0.3 is 9.72 Å². The van der Waals surface area contributed by atoms with E-state index in [0.717, 1.165) is 4.90 Å².